The Morgan fingerprint density at radius 1 is 1.10 bits per heavy atom. The van der Waals surface area contributed by atoms with Gasteiger partial charge < -0.3 is 9.42 Å². The minimum Gasteiger partial charge on any atom is -0.361 e. The Hall–Kier alpha value is -3.10. The van der Waals surface area contributed by atoms with E-state index in [0.717, 1.165) is 41.9 Å². The summed E-state index contributed by atoms with van der Waals surface area (Å²) in [6.45, 7) is 8.15. The van der Waals surface area contributed by atoms with E-state index in [2.05, 4.69) is 20.5 Å². The third kappa shape index (κ3) is 3.76. The van der Waals surface area contributed by atoms with Crippen molar-refractivity contribution in [1.29, 1.82) is 0 Å². The summed E-state index contributed by atoms with van der Waals surface area (Å²) >= 11 is 0. The Balaban J connectivity index is 1.66. The maximum Gasteiger partial charge on any atom is 0.229 e. The first-order valence-corrected chi connectivity index (χ1v) is 9.80. The van der Waals surface area contributed by atoms with E-state index >= 15 is 0 Å². The number of carbonyl (C=O) groups is 1. The molecule has 3 aromatic rings. The molecule has 0 aliphatic carbocycles. The van der Waals surface area contributed by atoms with Crippen molar-refractivity contribution in [2.45, 2.75) is 59.4 Å². The van der Waals surface area contributed by atoms with Gasteiger partial charge in [0.1, 0.15) is 17.1 Å². The Kier molecular flexibility index (Phi) is 5.12. The lowest BCUT2D eigenvalue weighted by Gasteiger charge is -2.35. The number of nitrogens with zero attached hydrogens (tertiary/aromatic N) is 6. The lowest BCUT2D eigenvalue weighted by molar-refractivity contribution is -0.134. The molecule has 29 heavy (non-hydrogen) atoms. The van der Waals surface area contributed by atoms with Crippen LogP contribution in [0.4, 0.5) is 0 Å². The fraction of sp³-hybridized carbons (Fsp3) is 0.500. The first-order valence-electron chi connectivity index (χ1n) is 9.80. The summed E-state index contributed by atoms with van der Waals surface area (Å²) in [7, 11) is 0. The Morgan fingerprint density at radius 3 is 2.62 bits per heavy atom. The van der Waals surface area contributed by atoms with E-state index in [1.54, 1.807) is 6.92 Å². The zero-order valence-corrected chi connectivity index (χ0v) is 17.1. The normalized spacial score (nSPS) is 17.0. The van der Waals surface area contributed by atoms with Gasteiger partial charge in [0.2, 0.25) is 5.91 Å². The molecule has 0 bridgehead atoms. The van der Waals surface area contributed by atoms with Crippen LogP contribution in [0.15, 0.2) is 15.2 Å². The van der Waals surface area contributed by atoms with Gasteiger partial charge in [-0.2, -0.15) is 0 Å². The van der Waals surface area contributed by atoms with Gasteiger partial charge in [-0.1, -0.05) is 15.5 Å². The lowest BCUT2D eigenvalue weighted by atomic mass is 9.97. The first kappa shape index (κ1) is 19.2. The molecule has 9 heteroatoms. The second-order valence-corrected chi connectivity index (χ2v) is 7.53. The molecule has 0 radical (unpaired) electrons. The average molecular weight is 396 g/mol. The molecule has 3 aromatic heterocycles. The van der Waals surface area contributed by atoms with Crippen LogP contribution in [0.2, 0.25) is 0 Å². The number of aryl methyl sites for hydroxylation is 4. The topological polar surface area (TPSA) is 111 Å². The van der Waals surface area contributed by atoms with E-state index in [4.69, 9.17) is 14.1 Å². The highest BCUT2D eigenvalue weighted by Gasteiger charge is 2.31. The third-order valence-electron chi connectivity index (χ3n) is 5.36. The van der Waals surface area contributed by atoms with Gasteiger partial charge in [0.25, 0.3) is 0 Å². The molecule has 1 aliphatic heterocycles. The molecule has 1 aliphatic rings. The molecule has 0 N–H and O–H groups in total. The zero-order chi connectivity index (χ0) is 20.5. The van der Waals surface area contributed by atoms with Gasteiger partial charge in [-0.25, -0.2) is 14.6 Å². The number of amides is 1. The van der Waals surface area contributed by atoms with Crippen molar-refractivity contribution in [2.75, 3.05) is 6.54 Å². The van der Waals surface area contributed by atoms with Crippen LogP contribution in [0.3, 0.4) is 0 Å². The van der Waals surface area contributed by atoms with Crippen molar-refractivity contribution in [3.63, 3.8) is 0 Å². The third-order valence-corrected chi connectivity index (χ3v) is 5.36. The summed E-state index contributed by atoms with van der Waals surface area (Å²) in [6, 6.07) is 1.86. The second-order valence-electron chi connectivity index (χ2n) is 7.53. The molecule has 0 unspecified atom stereocenters. The fourth-order valence-corrected chi connectivity index (χ4v) is 3.87. The van der Waals surface area contributed by atoms with Crippen LogP contribution < -0.4 is 0 Å². The zero-order valence-electron chi connectivity index (χ0n) is 17.1. The van der Waals surface area contributed by atoms with Gasteiger partial charge >= 0.3 is 0 Å². The maximum atomic E-state index is 13.1. The molecular weight excluding hydrogens is 372 g/mol. The quantitative estimate of drug-likeness (QED) is 0.661. The van der Waals surface area contributed by atoms with Crippen molar-refractivity contribution >= 4 is 5.91 Å². The fourth-order valence-electron chi connectivity index (χ4n) is 3.87. The van der Waals surface area contributed by atoms with Crippen LogP contribution in [0.1, 0.15) is 59.5 Å². The predicted molar refractivity (Wildman–Crippen MR) is 103 cm³/mol. The van der Waals surface area contributed by atoms with E-state index < -0.39 is 0 Å². The van der Waals surface area contributed by atoms with Crippen molar-refractivity contribution in [3.8, 4) is 11.4 Å². The van der Waals surface area contributed by atoms with Gasteiger partial charge in [0.15, 0.2) is 5.82 Å². The van der Waals surface area contributed by atoms with Crippen LogP contribution in [0, 0.1) is 27.7 Å². The molecule has 4 rings (SSSR count). The monoisotopic (exact) mass is 396 g/mol. The summed E-state index contributed by atoms with van der Waals surface area (Å²) in [4.78, 5) is 24.4. The van der Waals surface area contributed by atoms with E-state index in [9.17, 15) is 4.79 Å². The van der Waals surface area contributed by atoms with Crippen LogP contribution in [0.5, 0.6) is 0 Å². The Bertz CT molecular complexity index is 1020. The number of rotatable bonds is 4. The highest BCUT2D eigenvalue weighted by Crippen LogP contribution is 2.32. The number of carbonyl (C=O) groups excluding carboxylic acids is 1. The van der Waals surface area contributed by atoms with Gasteiger partial charge in [-0.15, -0.1) is 0 Å². The summed E-state index contributed by atoms with van der Waals surface area (Å²) in [5, 5.41) is 11.6. The molecule has 1 saturated heterocycles. The summed E-state index contributed by atoms with van der Waals surface area (Å²) in [5.41, 5.74) is 4.48. The molecule has 0 saturated carbocycles. The molecule has 0 aromatic carbocycles. The second kappa shape index (κ2) is 7.73. The number of aromatic nitrogens is 5. The van der Waals surface area contributed by atoms with E-state index in [-0.39, 0.29) is 18.4 Å². The van der Waals surface area contributed by atoms with E-state index in [0.29, 0.717) is 29.5 Å². The molecular formula is C20H24N6O3. The average Bonchev–Trinajstić information content (AvgIpc) is 3.26. The van der Waals surface area contributed by atoms with Crippen molar-refractivity contribution in [3.05, 3.63) is 40.3 Å². The number of piperidine rings is 1. The smallest absolute Gasteiger partial charge is 0.229 e. The van der Waals surface area contributed by atoms with Crippen molar-refractivity contribution in [2.24, 2.45) is 0 Å². The predicted octanol–water partition coefficient (Wildman–Crippen LogP) is 3.04. The van der Waals surface area contributed by atoms with E-state index in [1.807, 2.05) is 31.7 Å². The van der Waals surface area contributed by atoms with Crippen LogP contribution in [-0.2, 0) is 11.2 Å². The first-order chi connectivity index (χ1) is 13.9. The van der Waals surface area contributed by atoms with E-state index in [1.165, 1.54) is 0 Å². The molecule has 9 nitrogen and oxygen atoms in total. The van der Waals surface area contributed by atoms with Crippen LogP contribution in [-0.4, -0.2) is 42.8 Å². The highest BCUT2D eigenvalue weighted by molar-refractivity contribution is 5.79. The largest absolute Gasteiger partial charge is 0.361 e. The summed E-state index contributed by atoms with van der Waals surface area (Å²) < 4.78 is 10.0. The van der Waals surface area contributed by atoms with Gasteiger partial charge in [-0.3, -0.25) is 4.79 Å². The molecule has 152 valence electrons. The summed E-state index contributed by atoms with van der Waals surface area (Å²) in [5.74, 6) is 1.28. The SMILES string of the molecule is Cc1cc([C@@H]2CCCCN2C(=O)Cc2nonc2C)nc(-c2c(C)noc2C)n1. The molecule has 1 fully saturated rings. The van der Waals surface area contributed by atoms with Gasteiger partial charge in [0.05, 0.1) is 29.4 Å². The highest BCUT2D eigenvalue weighted by atomic mass is 16.6. The lowest BCUT2D eigenvalue weighted by Crippen LogP contribution is -2.40. The van der Waals surface area contributed by atoms with Crippen molar-refractivity contribution < 1.29 is 13.9 Å². The maximum absolute atomic E-state index is 13.1. The molecule has 0 spiro atoms. The minimum atomic E-state index is -0.0997. The van der Waals surface area contributed by atoms with Crippen LogP contribution >= 0.6 is 0 Å². The summed E-state index contributed by atoms with van der Waals surface area (Å²) in [6.07, 6.45) is 3.05. The standard InChI is InChI=1S/C20H24N6O3/c1-11-9-16(22-20(21-11)19-13(3)23-28-14(19)4)17-7-5-6-8-26(17)18(27)10-15-12(2)24-29-25-15/h9,17H,5-8,10H2,1-4H3/t17-/m0/s1. The molecule has 1 amide bonds. The Morgan fingerprint density at radius 2 is 1.93 bits per heavy atom. The molecule has 4 heterocycles. The molecule has 1 atom stereocenters. The van der Waals surface area contributed by atoms with Crippen molar-refractivity contribution in [1.82, 2.24) is 30.3 Å². The van der Waals surface area contributed by atoms with Gasteiger partial charge in [-0.05, 0) is 53.0 Å². The number of hydrogen-bond donors (Lipinski definition) is 0. The minimum absolute atomic E-state index is 0.00338. The number of likely N-dealkylation sites (tertiary alicyclic amines) is 1. The van der Waals surface area contributed by atoms with Gasteiger partial charge in [0, 0.05) is 12.2 Å². The van der Waals surface area contributed by atoms with Crippen LogP contribution in [0.25, 0.3) is 11.4 Å². The number of hydrogen-bond acceptors (Lipinski definition) is 8. The Labute approximate surface area is 168 Å².